The number of carbonyl (C=O) groups excluding carboxylic acids is 1. The van der Waals surface area contributed by atoms with E-state index in [-0.39, 0.29) is 11.9 Å². The fourth-order valence-corrected chi connectivity index (χ4v) is 2.01. The molecule has 0 fully saturated rings. The van der Waals surface area contributed by atoms with Crippen LogP contribution >= 0.6 is 0 Å². The second-order valence-electron chi connectivity index (χ2n) is 4.75. The minimum Gasteiger partial charge on any atom is -0.466 e. The van der Waals surface area contributed by atoms with Crippen LogP contribution in [0.4, 0.5) is 0 Å². The molecule has 0 amide bonds. The smallest absolute Gasteiger partial charge is 0.313 e. The van der Waals surface area contributed by atoms with Crippen molar-refractivity contribution in [3.8, 4) is 0 Å². The number of hydrogen-bond donors (Lipinski definition) is 0. The summed E-state index contributed by atoms with van der Waals surface area (Å²) in [5, 5.41) is 0. The molecular formula is C15H23NO2. The Labute approximate surface area is 110 Å². The van der Waals surface area contributed by atoms with E-state index in [0.29, 0.717) is 6.61 Å². The molecule has 0 aliphatic heterocycles. The van der Waals surface area contributed by atoms with Gasteiger partial charge in [0.1, 0.15) is 0 Å². The van der Waals surface area contributed by atoms with Gasteiger partial charge in [0, 0.05) is 0 Å². The van der Waals surface area contributed by atoms with E-state index in [4.69, 9.17) is 4.74 Å². The maximum Gasteiger partial charge on any atom is 0.313 e. The average molecular weight is 249 g/mol. The Balaban J connectivity index is 2.89. The lowest BCUT2D eigenvalue weighted by Gasteiger charge is -2.19. The summed E-state index contributed by atoms with van der Waals surface area (Å²) in [4.78, 5) is 14.2. The second-order valence-corrected chi connectivity index (χ2v) is 4.75. The number of ether oxygens (including phenoxy) is 1. The van der Waals surface area contributed by atoms with E-state index in [1.165, 1.54) is 0 Å². The zero-order valence-electron chi connectivity index (χ0n) is 11.8. The van der Waals surface area contributed by atoms with Gasteiger partial charge in [-0.05, 0) is 52.0 Å². The third-order valence-corrected chi connectivity index (χ3v) is 3.00. The van der Waals surface area contributed by atoms with Gasteiger partial charge in [0.15, 0.2) is 0 Å². The van der Waals surface area contributed by atoms with Crippen LogP contribution in [0.3, 0.4) is 0 Å². The molecule has 0 spiro atoms. The molecule has 0 aromatic heterocycles. The zero-order valence-corrected chi connectivity index (χ0v) is 11.8. The van der Waals surface area contributed by atoms with Crippen LogP contribution in [0, 0.1) is 6.92 Å². The number of carbonyl (C=O) groups is 1. The molecule has 1 atom stereocenters. The minimum atomic E-state index is -0.159. The molecule has 0 aliphatic carbocycles. The number of rotatable bonds is 6. The van der Waals surface area contributed by atoms with Gasteiger partial charge < -0.3 is 9.64 Å². The van der Waals surface area contributed by atoms with Crippen molar-refractivity contribution in [3.63, 3.8) is 0 Å². The van der Waals surface area contributed by atoms with Crippen LogP contribution in [-0.4, -0.2) is 38.1 Å². The Morgan fingerprint density at radius 3 is 2.56 bits per heavy atom. The van der Waals surface area contributed by atoms with Gasteiger partial charge >= 0.3 is 5.97 Å². The fraction of sp³-hybridized carbons (Fsp3) is 0.533. The van der Waals surface area contributed by atoms with Crippen LogP contribution in [0.25, 0.3) is 0 Å². The summed E-state index contributed by atoms with van der Waals surface area (Å²) in [7, 11) is 4.03. The van der Waals surface area contributed by atoms with Crippen molar-refractivity contribution in [2.24, 2.45) is 0 Å². The highest BCUT2D eigenvalue weighted by Crippen LogP contribution is 2.24. The maximum atomic E-state index is 12.1. The summed E-state index contributed by atoms with van der Waals surface area (Å²) in [6, 6.07) is 8.03. The zero-order chi connectivity index (χ0) is 13.5. The van der Waals surface area contributed by atoms with E-state index in [2.05, 4.69) is 4.90 Å². The first-order valence-electron chi connectivity index (χ1n) is 6.43. The van der Waals surface area contributed by atoms with Gasteiger partial charge in [0.05, 0.1) is 12.5 Å². The number of benzene rings is 1. The number of esters is 1. The lowest BCUT2D eigenvalue weighted by molar-refractivity contribution is -0.145. The Kier molecular flexibility index (Phi) is 5.86. The van der Waals surface area contributed by atoms with Crippen molar-refractivity contribution in [1.29, 1.82) is 0 Å². The fourth-order valence-electron chi connectivity index (χ4n) is 2.01. The molecular weight excluding hydrogens is 226 g/mol. The lowest BCUT2D eigenvalue weighted by Crippen LogP contribution is -2.22. The van der Waals surface area contributed by atoms with Crippen molar-refractivity contribution in [1.82, 2.24) is 4.90 Å². The predicted octanol–water partition coefficient (Wildman–Crippen LogP) is 2.59. The Hall–Kier alpha value is -1.35. The van der Waals surface area contributed by atoms with Gasteiger partial charge in [0.25, 0.3) is 0 Å². The van der Waals surface area contributed by atoms with Crippen molar-refractivity contribution < 1.29 is 9.53 Å². The van der Waals surface area contributed by atoms with Crippen LogP contribution in [0.2, 0.25) is 0 Å². The van der Waals surface area contributed by atoms with Gasteiger partial charge in [-0.3, -0.25) is 4.79 Å². The van der Waals surface area contributed by atoms with Gasteiger partial charge in [-0.1, -0.05) is 24.3 Å². The molecule has 3 nitrogen and oxygen atoms in total. The molecule has 1 rings (SSSR count). The van der Waals surface area contributed by atoms with Gasteiger partial charge in [-0.15, -0.1) is 0 Å². The molecule has 18 heavy (non-hydrogen) atoms. The first kappa shape index (κ1) is 14.7. The SMILES string of the molecule is CCOC(=O)C(CCN(C)C)c1ccccc1C. The monoisotopic (exact) mass is 249 g/mol. The molecule has 0 radical (unpaired) electrons. The molecule has 0 heterocycles. The molecule has 1 unspecified atom stereocenters. The predicted molar refractivity (Wildman–Crippen MR) is 73.7 cm³/mol. The van der Waals surface area contributed by atoms with E-state index in [0.717, 1.165) is 24.1 Å². The lowest BCUT2D eigenvalue weighted by atomic mass is 9.92. The van der Waals surface area contributed by atoms with Gasteiger partial charge in [-0.25, -0.2) is 0 Å². The third kappa shape index (κ3) is 4.15. The summed E-state index contributed by atoms with van der Waals surface area (Å²) >= 11 is 0. The van der Waals surface area contributed by atoms with Crippen LogP contribution in [0.1, 0.15) is 30.4 Å². The minimum absolute atomic E-state index is 0.117. The van der Waals surface area contributed by atoms with Gasteiger partial charge in [0.2, 0.25) is 0 Å². The normalized spacial score (nSPS) is 12.5. The second kappa shape index (κ2) is 7.17. The summed E-state index contributed by atoms with van der Waals surface area (Å²) < 4.78 is 5.19. The summed E-state index contributed by atoms with van der Waals surface area (Å²) in [6.07, 6.45) is 0.788. The van der Waals surface area contributed by atoms with E-state index in [1.54, 1.807) is 0 Å². The standard InChI is InChI=1S/C15H23NO2/c1-5-18-15(17)14(10-11-16(3)4)13-9-7-6-8-12(13)2/h6-9,14H,5,10-11H2,1-4H3. The van der Waals surface area contributed by atoms with E-state index in [1.807, 2.05) is 52.2 Å². The molecule has 0 N–H and O–H groups in total. The first-order valence-corrected chi connectivity index (χ1v) is 6.43. The molecule has 0 aliphatic rings. The van der Waals surface area contributed by atoms with Crippen molar-refractivity contribution in [2.45, 2.75) is 26.2 Å². The third-order valence-electron chi connectivity index (χ3n) is 3.00. The molecule has 1 aromatic carbocycles. The Morgan fingerprint density at radius 2 is 2.00 bits per heavy atom. The first-order chi connectivity index (χ1) is 8.56. The van der Waals surface area contributed by atoms with E-state index in [9.17, 15) is 4.79 Å². The number of hydrogen-bond acceptors (Lipinski definition) is 3. The van der Waals surface area contributed by atoms with E-state index < -0.39 is 0 Å². The Bertz CT molecular complexity index is 388. The van der Waals surface area contributed by atoms with Crippen LogP contribution < -0.4 is 0 Å². The summed E-state index contributed by atoms with van der Waals surface area (Å²) in [5.74, 6) is -0.276. The molecule has 3 heteroatoms. The molecule has 1 aromatic rings. The van der Waals surface area contributed by atoms with Gasteiger partial charge in [-0.2, -0.15) is 0 Å². The highest BCUT2D eigenvalue weighted by molar-refractivity contribution is 5.78. The molecule has 100 valence electrons. The largest absolute Gasteiger partial charge is 0.466 e. The number of nitrogens with zero attached hydrogens (tertiary/aromatic N) is 1. The average Bonchev–Trinajstić information content (AvgIpc) is 2.31. The molecule has 0 saturated heterocycles. The molecule has 0 bridgehead atoms. The van der Waals surface area contributed by atoms with Crippen molar-refractivity contribution >= 4 is 5.97 Å². The topological polar surface area (TPSA) is 29.5 Å². The summed E-state index contributed by atoms with van der Waals surface area (Å²) in [6.45, 7) is 5.19. The highest BCUT2D eigenvalue weighted by atomic mass is 16.5. The van der Waals surface area contributed by atoms with Crippen LogP contribution in [0.15, 0.2) is 24.3 Å². The van der Waals surface area contributed by atoms with Crippen molar-refractivity contribution in [2.75, 3.05) is 27.2 Å². The summed E-state index contributed by atoms with van der Waals surface area (Å²) in [5.41, 5.74) is 2.23. The molecule has 0 saturated carbocycles. The highest BCUT2D eigenvalue weighted by Gasteiger charge is 2.23. The Morgan fingerprint density at radius 1 is 1.33 bits per heavy atom. The number of aryl methyl sites for hydroxylation is 1. The van der Waals surface area contributed by atoms with E-state index >= 15 is 0 Å². The van der Waals surface area contributed by atoms with Crippen LogP contribution in [0.5, 0.6) is 0 Å². The van der Waals surface area contributed by atoms with Crippen LogP contribution in [-0.2, 0) is 9.53 Å². The maximum absolute atomic E-state index is 12.1. The quantitative estimate of drug-likeness (QED) is 0.726. The van der Waals surface area contributed by atoms with Crippen molar-refractivity contribution in [3.05, 3.63) is 35.4 Å².